The summed E-state index contributed by atoms with van der Waals surface area (Å²) in [5.41, 5.74) is 2.86. The number of imide groups is 1. The Labute approximate surface area is 161 Å². The molecule has 1 aromatic rings. The van der Waals surface area contributed by atoms with E-state index in [-0.39, 0.29) is 17.9 Å². The molecule has 0 aromatic heterocycles. The summed E-state index contributed by atoms with van der Waals surface area (Å²) in [4.78, 5) is 27.1. The molecule has 4 heteroatoms. The van der Waals surface area contributed by atoms with Gasteiger partial charge >= 0.3 is 6.09 Å². The van der Waals surface area contributed by atoms with Gasteiger partial charge in [-0.2, -0.15) is 0 Å². The van der Waals surface area contributed by atoms with Crippen molar-refractivity contribution < 1.29 is 14.3 Å². The van der Waals surface area contributed by atoms with Gasteiger partial charge in [0.2, 0.25) is 5.91 Å². The molecule has 0 bridgehead atoms. The van der Waals surface area contributed by atoms with Crippen LogP contribution in [0.25, 0.3) is 0 Å². The zero-order valence-corrected chi connectivity index (χ0v) is 16.3. The molecule has 4 rings (SSSR count). The van der Waals surface area contributed by atoms with Crippen molar-refractivity contribution in [3.8, 4) is 0 Å². The lowest BCUT2D eigenvalue weighted by atomic mass is 9.58. The summed E-state index contributed by atoms with van der Waals surface area (Å²) in [6.45, 7) is 4.88. The molecule has 27 heavy (non-hydrogen) atoms. The van der Waals surface area contributed by atoms with Crippen molar-refractivity contribution in [2.45, 2.75) is 58.4 Å². The lowest BCUT2D eigenvalue weighted by molar-refractivity contribution is -0.136. The minimum atomic E-state index is -0.467. The van der Waals surface area contributed by atoms with E-state index in [0.29, 0.717) is 24.4 Å². The number of rotatable bonds is 3. The molecule has 1 saturated heterocycles. The van der Waals surface area contributed by atoms with Crippen LogP contribution in [0.2, 0.25) is 0 Å². The Balaban J connectivity index is 1.50. The highest BCUT2D eigenvalue weighted by atomic mass is 16.6. The maximum Gasteiger partial charge on any atom is 0.416 e. The van der Waals surface area contributed by atoms with Crippen molar-refractivity contribution in [3.63, 3.8) is 0 Å². The summed E-state index contributed by atoms with van der Waals surface area (Å²) in [6.07, 6.45) is 7.68. The zero-order valence-electron chi connectivity index (χ0n) is 16.3. The van der Waals surface area contributed by atoms with Crippen LogP contribution >= 0.6 is 0 Å². The highest BCUT2D eigenvalue weighted by molar-refractivity contribution is 5.95. The van der Waals surface area contributed by atoms with Crippen LogP contribution in [0.4, 0.5) is 4.79 Å². The molecular weight excluding hydrogens is 338 g/mol. The van der Waals surface area contributed by atoms with Crippen molar-refractivity contribution in [2.75, 3.05) is 6.61 Å². The van der Waals surface area contributed by atoms with Gasteiger partial charge in [0.25, 0.3) is 0 Å². The molecule has 1 aliphatic heterocycles. The first-order valence-electron chi connectivity index (χ1n) is 10.2. The molecular formula is C23H29NO3. The summed E-state index contributed by atoms with van der Waals surface area (Å²) < 4.78 is 5.26. The molecule has 1 saturated carbocycles. The number of amides is 2. The van der Waals surface area contributed by atoms with Gasteiger partial charge in [-0.1, -0.05) is 48.9 Å². The Kier molecular flexibility index (Phi) is 4.83. The lowest BCUT2D eigenvalue weighted by Crippen LogP contribution is -2.47. The zero-order chi connectivity index (χ0) is 19.0. The van der Waals surface area contributed by atoms with Gasteiger partial charge in [0.05, 0.1) is 6.04 Å². The van der Waals surface area contributed by atoms with E-state index >= 15 is 0 Å². The van der Waals surface area contributed by atoms with Crippen molar-refractivity contribution >= 4 is 12.0 Å². The molecule has 2 amide bonds. The fourth-order valence-electron chi connectivity index (χ4n) is 5.36. The molecule has 2 fully saturated rings. The second-order valence-electron chi connectivity index (χ2n) is 8.79. The first kappa shape index (κ1) is 18.3. The maximum absolute atomic E-state index is 13.3. The number of nitrogens with zero attached hydrogens (tertiary/aromatic N) is 1. The topological polar surface area (TPSA) is 46.6 Å². The third-order valence-electron chi connectivity index (χ3n) is 7.02. The van der Waals surface area contributed by atoms with Gasteiger partial charge in [-0.15, -0.1) is 0 Å². The summed E-state index contributed by atoms with van der Waals surface area (Å²) in [5.74, 6) is 0.354. The van der Waals surface area contributed by atoms with Crippen LogP contribution in [-0.2, 0) is 16.0 Å². The Morgan fingerprint density at radius 3 is 2.81 bits per heavy atom. The highest BCUT2D eigenvalue weighted by Gasteiger charge is 2.47. The quantitative estimate of drug-likeness (QED) is 0.725. The van der Waals surface area contributed by atoms with Crippen LogP contribution in [0, 0.1) is 17.3 Å². The van der Waals surface area contributed by atoms with Gasteiger partial charge in [0, 0.05) is 5.92 Å². The van der Waals surface area contributed by atoms with E-state index in [2.05, 4.69) is 19.9 Å². The minimum Gasteiger partial charge on any atom is -0.447 e. The van der Waals surface area contributed by atoms with E-state index in [4.69, 9.17) is 4.74 Å². The van der Waals surface area contributed by atoms with E-state index in [1.807, 2.05) is 30.3 Å². The maximum atomic E-state index is 13.3. The molecule has 4 nitrogen and oxygen atoms in total. The number of hydrogen-bond donors (Lipinski definition) is 0. The van der Waals surface area contributed by atoms with Crippen molar-refractivity contribution in [1.29, 1.82) is 0 Å². The summed E-state index contributed by atoms with van der Waals surface area (Å²) >= 11 is 0. The molecule has 2 aliphatic carbocycles. The summed E-state index contributed by atoms with van der Waals surface area (Å²) in [7, 11) is 0. The normalized spacial score (nSPS) is 33.3. The predicted octanol–water partition coefficient (Wildman–Crippen LogP) is 4.74. The number of cyclic esters (lactones) is 1. The minimum absolute atomic E-state index is 0.0288. The second-order valence-corrected chi connectivity index (χ2v) is 8.79. The molecule has 144 valence electrons. The van der Waals surface area contributed by atoms with E-state index < -0.39 is 6.09 Å². The predicted molar refractivity (Wildman–Crippen MR) is 104 cm³/mol. The molecule has 1 aromatic carbocycles. The molecule has 0 unspecified atom stereocenters. The standard InChI is InChI=1S/C23H29NO3/c1-16-7-6-11-23(2)12-10-18(14-20(16)23)21(25)24-19(15-27-22(24)26)13-17-8-4-3-5-9-17/h3-5,7-9,18-20H,6,10-15H2,1-2H3/t18-,19+,20+,23-/m0/s1. The van der Waals surface area contributed by atoms with Gasteiger partial charge in [-0.3, -0.25) is 4.79 Å². The van der Waals surface area contributed by atoms with Gasteiger partial charge in [-0.05, 0) is 62.3 Å². The number of hydrogen-bond acceptors (Lipinski definition) is 3. The Morgan fingerprint density at radius 2 is 2.04 bits per heavy atom. The van der Waals surface area contributed by atoms with Crippen LogP contribution in [0.3, 0.4) is 0 Å². The first-order chi connectivity index (χ1) is 13.0. The monoisotopic (exact) mass is 367 g/mol. The fourth-order valence-corrected chi connectivity index (χ4v) is 5.36. The van der Waals surface area contributed by atoms with E-state index in [0.717, 1.165) is 31.2 Å². The van der Waals surface area contributed by atoms with Crippen LogP contribution in [0.1, 0.15) is 51.5 Å². The Morgan fingerprint density at radius 1 is 1.26 bits per heavy atom. The fraction of sp³-hybridized carbons (Fsp3) is 0.565. The second kappa shape index (κ2) is 7.14. The molecule has 3 aliphatic rings. The number of fused-ring (bicyclic) bond motifs is 1. The number of allylic oxidation sites excluding steroid dienone is 2. The Hall–Kier alpha value is -2.10. The third kappa shape index (κ3) is 3.42. The van der Waals surface area contributed by atoms with Gasteiger partial charge in [0.15, 0.2) is 0 Å². The summed E-state index contributed by atoms with van der Waals surface area (Å²) in [6, 6.07) is 9.82. The van der Waals surface area contributed by atoms with Crippen LogP contribution < -0.4 is 0 Å². The molecule has 0 N–H and O–H groups in total. The van der Waals surface area contributed by atoms with Gasteiger partial charge in [0.1, 0.15) is 6.61 Å². The van der Waals surface area contributed by atoms with E-state index in [1.165, 1.54) is 16.9 Å². The molecule has 4 atom stereocenters. The van der Waals surface area contributed by atoms with Crippen LogP contribution in [0.15, 0.2) is 42.0 Å². The van der Waals surface area contributed by atoms with Gasteiger partial charge < -0.3 is 4.74 Å². The third-order valence-corrected chi connectivity index (χ3v) is 7.02. The van der Waals surface area contributed by atoms with Crippen molar-refractivity contribution in [2.24, 2.45) is 17.3 Å². The molecule has 0 spiro atoms. The lowest BCUT2D eigenvalue weighted by Gasteiger charge is -2.47. The number of carbonyl (C=O) groups is 2. The number of benzene rings is 1. The smallest absolute Gasteiger partial charge is 0.416 e. The van der Waals surface area contributed by atoms with Crippen molar-refractivity contribution in [3.05, 3.63) is 47.5 Å². The average Bonchev–Trinajstić information content (AvgIpc) is 3.02. The Bertz CT molecular complexity index is 756. The number of carbonyl (C=O) groups excluding carboxylic acids is 2. The van der Waals surface area contributed by atoms with Crippen LogP contribution in [-0.4, -0.2) is 29.5 Å². The molecule has 0 radical (unpaired) electrons. The van der Waals surface area contributed by atoms with E-state index in [1.54, 1.807) is 0 Å². The average molecular weight is 367 g/mol. The SMILES string of the molecule is CC1=CCC[C@@]2(C)CC[C@H](C(=O)N3C(=O)OC[C@H]3Cc3ccccc3)C[C@H]12. The summed E-state index contributed by atoms with van der Waals surface area (Å²) in [5, 5.41) is 0. The van der Waals surface area contributed by atoms with E-state index in [9.17, 15) is 9.59 Å². The van der Waals surface area contributed by atoms with Crippen molar-refractivity contribution in [1.82, 2.24) is 4.90 Å². The number of ether oxygens (including phenoxy) is 1. The van der Waals surface area contributed by atoms with Gasteiger partial charge in [-0.25, -0.2) is 9.69 Å². The largest absolute Gasteiger partial charge is 0.447 e. The highest BCUT2D eigenvalue weighted by Crippen LogP contribution is 2.52. The first-order valence-corrected chi connectivity index (χ1v) is 10.2. The van der Waals surface area contributed by atoms with Crippen LogP contribution in [0.5, 0.6) is 0 Å². The molecule has 1 heterocycles.